The van der Waals surface area contributed by atoms with E-state index < -0.39 is 34.6 Å². The smallest absolute Gasteiger partial charge is 0.121 e. The van der Waals surface area contributed by atoms with Gasteiger partial charge in [0.1, 0.15) is 23.9 Å². The Balaban J connectivity index is 0.676. The molecule has 0 amide bonds. The van der Waals surface area contributed by atoms with Crippen LogP contribution in [0.3, 0.4) is 0 Å². The molecular weight excluding hydrogens is 1150 g/mol. The maximum Gasteiger partial charge on any atom is 0.121 e. The monoisotopic (exact) mass is 1240 g/mol. The van der Waals surface area contributed by atoms with Crippen molar-refractivity contribution < 1.29 is 66.3 Å². The zero-order chi connectivity index (χ0) is 62.0. The van der Waals surface area contributed by atoms with Crippen molar-refractivity contribution >= 4 is 0 Å². The van der Waals surface area contributed by atoms with Crippen LogP contribution in [-0.4, -0.2) is 139 Å². The van der Waals surface area contributed by atoms with Crippen LogP contribution in [-0.2, 0) is 99.4 Å². The third-order valence-corrected chi connectivity index (χ3v) is 21.6. The van der Waals surface area contributed by atoms with Crippen LogP contribution in [0, 0.1) is 5.92 Å². The molecule has 0 radical (unpaired) electrons. The molecule has 0 unspecified atom stereocenters. The highest BCUT2D eigenvalue weighted by Crippen LogP contribution is 2.54. The van der Waals surface area contributed by atoms with Gasteiger partial charge in [-0.15, -0.1) is 0 Å². The van der Waals surface area contributed by atoms with E-state index in [4.69, 9.17) is 66.3 Å². The molecule has 9 heterocycles. The van der Waals surface area contributed by atoms with E-state index >= 15 is 0 Å². The van der Waals surface area contributed by atoms with Gasteiger partial charge in [-0.1, -0.05) is 171 Å². The SMILES string of the molecule is C[C@H]1/C=C\C[C@H]2O[C@@]3(C)C[C@@]4(C)O[C@H]5CC[C@@H](OCc6ccccc6)[C@H](CCOCc6ccccc6)O[C@@H]5C[C@@H]4O[C@@H]3CC[C@@H]2O[C@@H]2C[C@@H]3O[C@@H]4C[C@]5(C)O[C@H](COCc6ccccc6)[C@@H](OCc6ccccc6)C[C@H]5O[C@H]4[C@H](OCc4ccccc4)[C@@]3(C)O[C@@H]12. The number of hydrogen-bond donors (Lipinski definition) is 0. The van der Waals surface area contributed by atoms with E-state index in [1.54, 1.807) is 0 Å². The number of rotatable bonds is 18. The molecule has 8 fully saturated rings. The van der Waals surface area contributed by atoms with E-state index in [1.165, 1.54) is 0 Å². The van der Waals surface area contributed by atoms with E-state index in [9.17, 15) is 0 Å². The van der Waals surface area contributed by atoms with Crippen LogP contribution in [0.4, 0.5) is 0 Å². The number of hydrogen-bond acceptors (Lipinski definition) is 14. The van der Waals surface area contributed by atoms with E-state index in [0.717, 1.165) is 59.9 Å². The average molecular weight is 1250 g/mol. The van der Waals surface area contributed by atoms with Crippen molar-refractivity contribution in [2.24, 2.45) is 5.92 Å². The molecule has 488 valence electrons. The minimum Gasteiger partial charge on any atom is -0.377 e. The molecule has 0 N–H and O–H groups in total. The molecule has 22 atom stereocenters. The normalized spacial score (nSPS) is 40.6. The molecule has 0 saturated carbocycles. The van der Waals surface area contributed by atoms with Gasteiger partial charge in [0.05, 0.1) is 142 Å². The molecule has 5 aromatic carbocycles. The summed E-state index contributed by atoms with van der Waals surface area (Å²) in [6.45, 7) is 14.5. The Bertz CT molecular complexity index is 3130. The molecule has 9 aliphatic rings. The van der Waals surface area contributed by atoms with Gasteiger partial charge in [0.25, 0.3) is 0 Å². The van der Waals surface area contributed by atoms with E-state index in [0.29, 0.717) is 84.8 Å². The zero-order valence-corrected chi connectivity index (χ0v) is 53.9. The highest BCUT2D eigenvalue weighted by atomic mass is 16.7. The minimum atomic E-state index is -0.898. The molecule has 91 heavy (non-hydrogen) atoms. The summed E-state index contributed by atoms with van der Waals surface area (Å²) >= 11 is 0. The van der Waals surface area contributed by atoms with Crippen LogP contribution in [0.25, 0.3) is 0 Å². The molecular formula is C77H96O14. The summed E-state index contributed by atoms with van der Waals surface area (Å²) in [7, 11) is 0. The standard InChI is InChI=1S/C77H96O14/c1-51-22-21-33-60-58(36-37-67-75(3,88-60)50-76(4)69(86-67)41-63-61(89-76)35-34-57(80-46-54-27-15-8-16-28-54)59(83-63)38-39-78-44-52-23-11-6-12-24-52)84-64-42-70-77(5,91-71(51)64)73(82-48-56-31-19-10-20-32-56)72-65(85-70)43-74(2)68(87-72)40-62(81-47-55-29-17-9-18-30-55)66(90-74)49-79-45-53-25-13-7-14-26-53/h6-32,51,57-73H,33-50H2,1-5H3/b22-21-/t51-,57+,58-,59-,60+,61-,62-,63+,64+,65+,66+,67+,68+,69-,70-,71-,72+,73-,74-,75-,76+,77-/m0/s1. The number of fused-ring (bicyclic) bond motifs is 8. The maximum absolute atomic E-state index is 7.67. The summed E-state index contributed by atoms with van der Waals surface area (Å²) in [4.78, 5) is 0. The minimum absolute atomic E-state index is 0.0135. The Hall–Kier alpha value is -4.72. The van der Waals surface area contributed by atoms with E-state index in [1.807, 2.05) is 54.6 Å². The van der Waals surface area contributed by atoms with Crippen LogP contribution in [0.5, 0.6) is 0 Å². The van der Waals surface area contributed by atoms with Gasteiger partial charge in [-0.3, -0.25) is 0 Å². The van der Waals surface area contributed by atoms with Gasteiger partial charge < -0.3 is 66.3 Å². The Morgan fingerprint density at radius 2 is 0.978 bits per heavy atom. The van der Waals surface area contributed by atoms with Gasteiger partial charge in [0.2, 0.25) is 0 Å². The first-order valence-electron chi connectivity index (χ1n) is 34.2. The summed E-state index contributed by atoms with van der Waals surface area (Å²) in [5, 5.41) is 0. The fraction of sp³-hybridized carbons (Fsp3) is 0.584. The largest absolute Gasteiger partial charge is 0.377 e. The van der Waals surface area contributed by atoms with Gasteiger partial charge in [-0.05, 0) is 94.0 Å². The second kappa shape index (κ2) is 27.9. The van der Waals surface area contributed by atoms with Gasteiger partial charge in [-0.25, -0.2) is 0 Å². The van der Waals surface area contributed by atoms with Crippen molar-refractivity contribution in [2.45, 2.75) is 264 Å². The Labute approximate surface area is 539 Å². The first kappa shape index (κ1) is 63.7. The van der Waals surface area contributed by atoms with Crippen molar-refractivity contribution in [1.29, 1.82) is 0 Å². The van der Waals surface area contributed by atoms with E-state index in [-0.39, 0.29) is 97.5 Å². The van der Waals surface area contributed by atoms with Gasteiger partial charge in [0.15, 0.2) is 0 Å². The highest BCUT2D eigenvalue weighted by Gasteiger charge is 2.66. The molecule has 0 spiro atoms. The lowest BCUT2D eigenvalue weighted by molar-refractivity contribution is -0.383. The first-order valence-corrected chi connectivity index (χ1v) is 34.2. The predicted octanol–water partition coefficient (Wildman–Crippen LogP) is 13.1. The van der Waals surface area contributed by atoms with Crippen LogP contribution in [0.1, 0.15) is 133 Å². The fourth-order valence-electron chi connectivity index (χ4n) is 16.8. The summed E-state index contributed by atoms with van der Waals surface area (Å²) in [5.74, 6) is 0.0135. The summed E-state index contributed by atoms with van der Waals surface area (Å²) in [6, 6.07) is 51.8. The second-order valence-corrected chi connectivity index (χ2v) is 28.4. The maximum atomic E-state index is 7.67. The zero-order valence-electron chi connectivity index (χ0n) is 53.9. The van der Waals surface area contributed by atoms with Gasteiger partial charge >= 0.3 is 0 Å². The summed E-state index contributed by atoms with van der Waals surface area (Å²) < 4.78 is 100. The lowest BCUT2D eigenvalue weighted by Crippen LogP contribution is -2.75. The van der Waals surface area contributed by atoms with Crippen molar-refractivity contribution in [3.63, 3.8) is 0 Å². The van der Waals surface area contributed by atoms with Crippen LogP contribution in [0.15, 0.2) is 164 Å². The highest BCUT2D eigenvalue weighted by molar-refractivity contribution is 5.20. The molecule has 0 aromatic heterocycles. The molecule has 14 nitrogen and oxygen atoms in total. The lowest BCUT2D eigenvalue weighted by atomic mass is 9.72. The molecule has 14 heteroatoms. The molecule has 0 aliphatic carbocycles. The summed E-state index contributed by atoms with van der Waals surface area (Å²) in [6.07, 6.45) is 7.88. The quantitative estimate of drug-likeness (QED) is 0.0609. The van der Waals surface area contributed by atoms with Crippen molar-refractivity contribution in [2.75, 3.05) is 13.2 Å². The van der Waals surface area contributed by atoms with E-state index in [2.05, 4.69) is 144 Å². The van der Waals surface area contributed by atoms with Crippen LogP contribution >= 0.6 is 0 Å². The Morgan fingerprint density at radius 1 is 0.418 bits per heavy atom. The molecule has 0 bridgehead atoms. The predicted molar refractivity (Wildman–Crippen MR) is 343 cm³/mol. The number of ether oxygens (including phenoxy) is 14. The Morgan fingerprint density at radius 3 is 1.64 bits per heavy atom. The molecule has 8 saturated heterocycles. The molecule has 9 aliphatic heterocycles. The molecule has 5 aromatic rings. The van der Waals surface area contributed by atoms with Crippen molar-refractivity contribution in [3.05, 3.63) is 192 Å². The molecule has 14 rings (SSSR count). The van der Waals surface area contributed by atoms with Gasteiger partial charge in [-0.2, -0.15) is 0 Å². The van der Waals surface area contributed by atoms with Crippen molar-refractivity contribution in [1.82, 2.24) is 0 Å². The Kier molecular flexibility index (Phi) is 19.5. The first-order chi connectivity index (χ1) is 44.3. The third-order valence-electron chi connectivity index (χ3n) is 21.6. The fourth-order valence-corrected chi connectivity index (χ4v) is 16.8. The topological polar surface area (TPSA) is 129 Å². The third kappa shape index (κ3) is 14.2. The second-order valence-electron chi connectivity index (χ2n) is 28.4. The number of benzene rings is 5. The van der Waals surface area contributed by atoms with Crippen molar-refractivity contribution in [3.8, 4) is 0 Å². The average Bonchev–Trinajstić information content (AvgIpc) is 1.13. The van der Waals surface area contributed by atoms with Crippen LogP contribution in [0.2, 0.25) is 0 Å². The lowest BCUT2D eigenvalue weighted by Gasteiger charge is -2.62. The summed E-state index contributed by atoms with van der Waals surface area (Å²) in [5.41, 5.74) is 2.76. The van der Waals surface area contributed by atoms with Gasteiger partial charge in [0, 0.05) is 44.6 Å². The van der Waals surface area contributed by atoms with Crippen LogP contribution < -0.4 is 0 Å².